The van der Waals surface area contributed by atoms with Crippen LogP contribution in [0.2, 0.25) is 0 Å². The van der Waals surface area contributed by atoms with Gasteiger partial charge in [-0.2, -0.15) is 0 Å². The Balaban J connectivity index is 1.86. The SMILES string of the molecule is COc1cc(C)c(CNCC2CCCNC2)cc1C. The molecule has 1 unspecified atom stereocenters. The first-order valence-corrected chi connectivity index (χ1v) is 7.26. The van der Waals surface area contributed by atoms with Crippen molar-refractivity contribution in [3.05, 3.63) is 28.8 Å². The van der Waals surface area contributed by atoms with E-state index < -0.39 is 0 Å². The van der Waals surface area contributed by atoms with Crippen LogP contribution in [-0.4, -0.2) is 26.7 Å². The Hall–Kier alpha value is -1.06. The fourth-order valence-electron chi connectivity index (χ4n) is 2.77. The lowest BCUT2D eigenvalue weighted by Crippen LogP contribution is -2.35. The molecule has 0 aliphatic carbocycles. The molecular formula is C16H26N2O. The topological polar surface area (TPSA) is 33.3 Å². The van der Waals surface area contributed by atoms with Crippen molar-refractivity contribution in [2.45, 2.75) is 33.2 Å². The molecule has 0 saturated carbocycles. The lowest BCUT2D eigenvalue weighted by Gasteiger charge is -2.23. The largest absolute Gasteiger partial charge is 0.496 e. The molecule has 0 aromatic heterocycles. The zero-order valence-corrected chi connectivity index (χ0v) is 12.4. The molecule has 0 spiro atoms. The van der Waals surface area contributed by atoms with Crippen molar-refractivity contribution in [3.8, 4) is 5.75 Å². The molecule has 1 aromatic rings. The van der Waals surface area contributed by atoms with Crippen LogP contribution >= 0.6 is 0 Å². The standard InChI is InChI=1S/C16H26N2O/c1-12-8-16(19-3)13(2)7-15(12)11-18-10-14-5-4-6-17-9-14/h7-8,14,17-18H,4-6,9-11H2,1-3H3. The molecule has 2 rings (SSSR count). The molecule has 2 N–H and O–H groups in total. The van der Waals surface area contributed by atoms with Gasteiger partial charge in [-0.05, 0) is 75.0 Å². The van der Waals surface area contributed by atoms with E-state index in [0.29, 0.717) is 0 Å². The summed E-state index contributed by atoms with van der Waals surface area (Å²) in [5.41, 5.74) is 3.89. The monoisotopic (exact) mass is 262 g/mol. The van der Waals surface area contributed by atoms with E-state index in [1.165, 1.54) is 36.1 Å². The molecule has 0 radical (unpaired) electrons. The molecule has 1 saturated heterocycles. The molecule has 3 nitrogen and oxygen atoms in total. The first-order valence-electron chi connectivity index (χ1n) is 7.26. The van der Waals surface area contributed by atoms with Crippen molar-refractivity contribution in [2.75, 3.05) is 26.7 Å². The predicted molar refractivity (Wildman–Crippen MR) is 79.8 cm³/mol. The summed E-state index contributed by atoms with van der Waals surface area (Å²) in [4.78, 5) is 0. The first-order chi connectivity index (χ1) is 9.20. The Kier molecular flexibility index (Phi) is 5.23. The summed E-state index contributed by atoms with van der Waals surface area (Å²) < 4.78 is 5.35. The highest BCUT2D eigenvalue weighted by Gasteiger charge is 2.12. The van der Waals surface area contributed by atoms with Crippen LogP contribution in [0.1, 0.15) is 29.5 Å². The average molecular weight is 262 g/mol. The smallest absolute Gasteiger partial charge is 0.122 e. The Morgan fingerprint density at radius 2 is 2.16 bits per heavy atom. The highest BCUT2D eigenvalue weighted by Crippen LogP contribution is 2.22. The van der Waals surface area contributed by atoms with Gasteiger partial charge in [-0.1, -0.05) is 6.07 Å². The number of benzene rings is 1. The van der Waals surface area contributed by atoms with Gasteiger partial charge in [0.2, 0.25) is 0 Å². The maximum Gasteiger partial charge on any atom is 0.122 e. The van der Waals surface area contributed by atoms with E-state index in [1.54, 1.807) is 7.11 Å². The van der Waals surface area contributed by atoms with Crippen LogP contribution < -0.4 is 15.4 Å². The van der Waals surface area contributed by atoms with Crippen molar-refractivity contribution in [1.29, 1.82) is 0 Å². The summed E-state index contributed by atoms with van der Waals surface area (Å²) in [5.74, 6) is 1.77. The molecule has 0 amide bonds. The summed E-state index contributed by atoms with van der Waals surface area (Å²) >= 11 is 0. The van der Waals surface area contributed by atoms with Crippen LogP contribution in [0.25, 0.3) is 0 Å². The minimum absolute atomic E-state index is 0.786. The van der Waals surface area contributed by atoms with E-state index in [-0.39, 0.29) is 0 Å². The summed E-state index contributed by atoms with van der Waals surface area (Å²) in [6.45, 7) is 8.67. The normalized spacial score (nSPS) is 19.4. The lowest BCUT2D eigenvalue weighted by molar-refractivity contribution is 0.359. The van der Waals surface area contributed by atoms with Gasteiger partial charge in [0, 0.05) is 6.54 Å². The van der Waals surface area contributed by atoms with Crippen molar-refractivity contribution < 1.29 is 4.74 Å². The molecule has 19 heavy (non-hydrogen) atoms. The maximum absolute atomic E-state index is 5.35. The first kappa shape index (κ1) is 14.4. The van der Waals surface area contributed by atoms with Crippen LogP contribution in [0.5, 0.6) is 5.75 Å². The molecule has 1 aromatic carbocycles. The fraction of sp³-hybridized carbons (Fsp3) is 0.625. The number of methoxy groups -OCH3 is 1. The zero-order chi connectivity index (χ0) is 13.7. The predicted octanol–water partition coefficient (Wildman–Crippen LogP) is 2.40. The van der Waals surface area contributed by atoms with Crippen LogP contribution in [0.15, 0.2) is 12.1 Å². The third kappa shape index (κ3) is 3.95. The Morgan fingerprint density at radius 1 is 1.32 bits per heavy atom. The second-order valence-corrected chi connectivity index (χ2v) is 5.59. The number of aryl methyl sites for hydroxylation is 2. The van der Waals surface area contributed by atoms with E-state index in [4.69, 9.17) is 4.74 Å². The van der Waals surface area contributed by atoms with E-state index in [1.807, 2.05) is 0 Å². The van der Waals surface area contributed by atoms with Gasteiger partial charge >= 0.3 is 0 Å². The van der Waals surface area contributed by atoms with Gasteiger partial charge in [0.15, 0.2) is 0 Å². The number of hydrogen-bond acceptors (Lipinski definition) is 3. The number of piperidine rings is 1. The van der Waals surface area contributed by atoms with E-state index in [9.17, 15) is 0 Å². The van der Waals surface area contributed by atoms with Gasteiger partial charge in [-0.25, -0.2) is 0 Å². The minimum atomic E-state index is 0.786. The Labute approximate surface area is 116 Å². The van der Waals surface area contributed by atoms with Crippen molar-refractivity contribution >= 4 is 0 Å². The molecule has 1 aliphatic rings. The molecule has 0 bridgehead atoms. The van der Waals surface area contributed by atoms with Crippen LogP contribution in [-0.2, 0) is 6.54 Å². The van der Waals surface area contributed by atoms with Crippen LogP contribution in [0.3, 0.4) is 0 Å². The summed E-state index contributed by atoms with van der Waals surface area (Å²) in [7, 11) is 1.73. The molecular weight excluding hydrogens is 236 g/mol. The van der Waals surface area contributed by atoms with Gasteiger partial charge < -0.3 is 15.4 Å². The molecule has 106 valence electrons. The average Bonchev–Trinajstić information content (AvgIpc) is 2.43. The molecule has 1 fully saturated rings. The summed E-state index contributed by atoms with van der Waals surface area (Å²) in [6, 6.07) is 4.37. The van der Waals surface area contributed by atoms with Gasteiger partial charge in [0.1, 0.15) is 5.75 Å². The van der Waals surface area contributed by atoms with Crippen molar-refractivity contribution in [1.82, 2.24) is 10.6 Å². The highest BCUT2D eigenvalue weighted by atomic mass is 16.5. The van der Waals surface area contributed by atoms with Crippen molar-refractivity contribution in [2.24, 2.45) is 5.92 Å². The number of ether oxygens (including phenoxy) is 1. The molecule has 3 heteroatoms. The van der Waals surface area contributed by atoms with E-state index in [0.717, 1.165) is 31.3 Å². The van der Waals surface area contributed by atoms with E-state index >= 15 is 0 Å². The lowest BCUT2D eigenvalue weighted by atomic mass is 9.99. The summed E-state index contributed by atoms with van der Waals surface area (Å²) in [5, 5.41) is 7.06. The highest BCUT2D eigenvalue weighted by molar-refractivity contribution is 5.41. The van der Waals surface area contributed by atoms with Gasteiger partial charge in [0.25, 0.3) is 0 Å². The third-order valence-corrected chi connectivity index (χ3v) is 4.00. The molecule has 1 heterocycles. The van der Waals surface area contributed by atoms with Gasteiger partial charge in [-0.3, -0.25) is 0 Å². The molecule has 1 aliphatic heterocycles. The van der Waals surface area contributed by atoms with E-state index in [2.05, 4.69) is 36.6 Å². The Bertz CT molecular complexity index is 411. The fourth-order valence-corrected chi connectivity index (χ4v) is 2.77. The molecule has 1 atom stereocenters. The second-order valence-electron chi connectivity index (χ2n) is 5.59. The minimum Gasteiger partial charge on any atom is -0.496 e. The van der Waals surface area contributed by atoms with Crippen LogP contribution in [0.4, 0.5) is 0 Å². The zero-order valence-electron chi connectivity index (χ0n) is 12.4. The van der Waals surface area contributed by atoms with Gasteiger partial charge in [-0.15, -0.1) is 0 Å². The van der Waals surface area contributed by atoms with Crippen LogP contribution in [0, 0.1) is 19.8 Å². The quantitative estimate of drug-likeness (QED) is 0.855. The second kappa shape index (κ2) is 6.92. The van der Waals surface area contributed by atoms with Crippen molar-refractivity contribution in [3.63, 3.8) is 0 Å². The number of hydrogen-bond donors (Lipinski definition) is 2. The third-order valence-electron chi connectivity index (χ3n) is 4.00. The van der Waals surface area contributed by atoms with Gasteiger partial charge in [0.05, 0.1) is 7.11 Å². The maximum atomic E-state index is 5.35. The summed E-state index contributed by atoms with van der Waals surface area (Å²) in [6.07, 6.45) is 2.66. The Morgan fingerprint density at radius 3 is 2.84 bits per heavy atom. The number of nitrogens with one attached hydrogen (secondary N) is 2. The number of rotatable bonds is 5.